The van der Waals surface area contributed by atoms with Crippen molar-refractivity contribution in [2.45, 2.75) is 38.3 Å². The number of aliphatic hydroxyl groups excluding tert-OH is 1. The largest absolute Gasteiger partial charge is 0.493 e. The highest BCUT2D eigenvalue weighted by Crippen LogP contribution is 2.35. The van der Waals surface area contributed by atoms with Gasteiger partial charge in [-0.05, 0) is 37.5 Å². The second-order valence-corrected chi connectivity index (χ2v) is 5.81. The van der Waals surface area contributed by atoms with Gasteiger partial charge in [-0.2, -0.15) is 0 Å². The molecule has 0 atom stereocenters. The second-order valence-electron chi connectivity index (χ2n) is 4.89. The first-order valence-corrected chi connectivity index (χ1v) is 7.25. The molecule has 0 amide bonds. The van der Waals surface area contributed by atoms with Crippen molar-refractivity contribution in [1.82, 2.24) is 5.32 Å². The third-order valence-corrected chi connectivity index (χ3v) is 3.79. The van der Waals surface area contributed by atoms with Gasteiger partial charge in [-0.15, -0.1) is 0 Å². The molecule has 1 aliphatic carbocycles. The van der Waals surface area contributed by atoms with Crippen molar-refractivity contribution >= 4 is 15.9 Å². The van der Waals surface area contributed by atoms with Crippen LogP contribution in [0.4, 0.5) is 0 Å². The van der Waals surface area contributed by atoms with Crippen LogP contribution in [0, 0.1) is 0 Å². The molecule has 4 heteroatoms. The zero-order valence-corrected chi connectivity index (χ0v) is 12.3. The van der Waals surface area contributed by atoms with Crippen LogP contribution in [0.1, 0.15) is 31.7 Å². The van der Waals surface area contributed by atoms with E-state index in [-0.39, 0.29) is 12.1 Å². The third kappa shape index (κ3) is 3.46. The molecule has 2 rings (SSSR count). The van der Waals surface area contributed by atoms with E-state index in [1.807, 2.05) is 12.1 Å². The molecule has 100 valence electrons. The van der Waals surface area contributed by atoms with Crippen molar-refractivity contribution in [2.75, 3.05) is 13.2 Å². The van der Waals surface area contributed by atoms with Crippen LogP contribution >= 0.6 is 15.9 Å². The lowest BCUT2D eigenvalue weighted by atomic mass is 10.2. The summed E-state index contributed by atoms with van der Waals surface area (Å²) >= 11 is 3.48. The van der Waals surface area contributed by atoms with Crippen molar-refractivity contribution in [2.24, 2.45) is 0 Å². The average molecular weight is 314 g/mol. The summed E-state index contributed by atoms with van der Waals surface area (Å²) < 4.78 is 6.79. The van der Waals surface area contributed by atoms with E-state index in [2.05, 4.69) is 34.2 Å². The van der Waals surface area contributed by atoms with Crippen molar-refractivity contribution in [1.29, 1.82) is 0 Å². The van der Waals surface area contributed by atoms with Gasteiger partial charge in [0.25, 0.3) is 0 Å². The van der Waals surface area contributed by atoms with Gasteiger partial charge in [0.15, 0.2) is 0 Å². The van der Waals surface area contributed by atoms with E-state index in [1.54, 1.807) is 0 Å². The number of nitrogens with one attached hydrogen (secondary N) is 1. The fraction of sp³-hybridized carbons (Fsp3) is 0.571. The van der Waals surface area contributed by atoms with E-state index in [1.165, 1.54) is 0 Å². The molecule has 0 bridgehead atoms. The molecule has 0 heterocycles. The van der Waals surface area contributed by atoms with Crippen LogP contribution < -0.4 is 10.1 Å². The first-order chi connectivity index (χ1) is 8.69. The standard InChI is InChI=1S/C14H20BrNO2/c1-2-7-18-13-4-3-12(15)8-11(13)9-16-14(10-17)5-6-14/h3-4,8,16-17H,2,5-7,9-10H2,1H3. The van der Waals surface area contributed by atoms with Gasteiger partial charge in [-0.3, -0.25) is 0 Å². The van der Waals surface area contributed by atoms with Crippen LogP contribution in [0.3, 0.4) is 0 Å². The Morgan fingerprint density at radius 2 is 2.22 bits per heavy atom. The minimum Gasteiger partial charge on any atom is -0.493 e. The predicted molar refractivity (Wildman–Crippen MR) is 75.8 cm³/mol. The lowest BCUT2D eigenvalue weighted by Crippen LogP contribution is -2.34. The van der Waals surface area contributed by atoms with Gasteiger partial charge in [0.2, 0.25) is 0 Å². The Balaban J connectivity index is 2.02. The van der Waals surface area contributed by atoms with Crippen molar-refractivity contribution in [3.05, 3.63) is 28.2 Å². The van der Waals surface area contributed by atoms with Crippen molar-refractivity contribution in [3.63, 3.8) is 0 Å². The van der Waals surface area contributed by atoms with Crippen LogP contribution in [0.15, 0.2) is 22.7 Å². The van der Waals surface area contributed by atoms with Crippen LogP contribution in [-0.4, -0.2) is 23.9 Å². The minimum atomic E-state index is -0.0374. The molecule has 1 saturated carbocycles. The van der Waals surface area contributed by atoms with E-state index in [9.17, 15) is 5.11 Å². The summed E-state index contributed by atoms with van der Waals surface area (Å²) in [6.07, 6.45) is 3.12. The summed E-state index contributed by atoms with van der Waals surface area (Å²) in [6.45, 7) is 3.78. The smallest absolute Gasteiger partial charge is 0.123 e. The molecule has 0 aromatic heterocycles. The maximum Gasteiger partial charge on any atom is 0.123 e. The molecule has 3 nitrogen and oxygen atoms in total. The Morgan fingerprint density at radius 3 is 2.83 bits per heavy atom. The highest BCUT2D eigenvalue weighted by molar-refractivity contribution is 9.10. The molecule has 1 aliphatic rings. The third-order valence-electron chi connectivity index (χ3n) is 3.29. The summed E-state index contributed by atoms with van der Waals surface area (Å²) in [4.78, 5) is 0. The first kappa shape index (κ1) is 13.8. The summed E-state index contributed by atoms with van der Waals surface area (Å²) in [5.41, 5.74) is 1.10. The lowest BCUT2D eigenvalue weighted by Gasteiger charge is -2.17. The zero-order chi connectivity index (χ0) is 13.0. The van der Waals surface area contributed by atoms with Gasteiger partial charge >= 0.3 is 0 Å². The molecule has 1 aromatic rings. The SMILES string of the molecule is CCCOc1ccc(Br)cc1CNC1(CO)CC1. The molecule has 0 unspecified atom stereocenters. The summed E-state index contributed by atoms with van der Waals surface area (Å²) in [6, 6.07) is 6.06. The summed E-state index contributed by atoms with van der Waals surface area (Å²) in [7, 11) is 0. The first-order valence-electron chi connectivity index (χ1n) is 6.46. The molecule has 2 N–H and O–H groups in total. The topological polar surface area (TPSA) is 41.5 Å². The van der Waals surface area contributed by atoms with Crippen LogP contribution in [0.2, 0.25) is 0 Å². The van der Waals surface area contributed by atoms with Crippen molar-refractivity contribution < 1.29 is 9.84 Å². The van der Waals surface area contributed by atoms with Crippen molar-refractivity contribution in [3.8, 4) is 5.75 Å². The Morgan fingerprint density at radius 1 is 1.44 bits per heavy atom. The fourth-order valence-electron chi connectivity index (χ4n) is 1.86. The van der Waals surface area contributed by atoms with Gasteiger partial charge in [-0.1, -0.05) is 22.9 Å². The number of aliphatic hydroxyl groups is 1. The quantitative estimate of drug-likeness (QED) is 0.813. The number of rotatable bonds is 7. The molecule has 0 radical (unpaired) electrons. The molecule has 0 aliphatic heterocycles. The number of benzene rings is 1. The number of halogens is 1. The van der Waals surface area contributed by atoms with Gasteiger partial charge in [0, 0.05) is 22.1 Å². The molecular weight excluding hydrogens is 294 g/mol. The fourth-order valence-corrected chi connectivity index (χ4v) is 2.27. The molecule has 1 fully saturated rings. The average Bonchev–Trinajstić information content (AvgIpc) is 3.16. The minimum absolute atomic E-state index is 0.0374. The number of ether oxygens (including phenoxy) is 1. The lowest BCUT2D eigenvalue weighted by molar-refractivity contribution is 0.228. The number of hydrogen-bond donors (Lipinski definition) is 2. The maximum atomic E-state index is 9.30. The van der Waals surface area contributed by atoms with E-state index < -0.39 is 0 Å². The number of hydrogen-bond acceptors (Lipinski definition) is 3. The summed E-state index contributed by atoms with van der Waals surface area (Å²) in [5, 5.41) is 12.7. The molecule has 18 heavy (non-hydrogen) atoms. The Hall–Kier alpha value is -0.580. The molecule has 1 aromatic carbocycles. The zero-order valence-electron chi connectivity index (χ0n) is 10.7. The van der Waals surface area contributed by atoms with E-state index in [0.717, 1.165) is 48.2 Å². The normalized spacial score (nSPS) is 16.6. The molecule has 0 spiro atoms. The predicted octanol–water partition coefficient (Wildman–Crippen LogP) is 2.85. The van der Waals surface area contributed by atoms with Gasteiger partial charge in [0.05, 0.1) is 13.2 Å². The monoisotopic (exact) mass is 313 g/mol. The maximum absolute atomic E-state index is 9.30. The Labute approximate surface area is 117 Å². The highest BCUT2D eigenvalue weighted by Gasteiger charge is 2.41. The molecule has 0 saturated heterocycles. The second kappa shape index (κ2) is 6.04. The highest BCUT2D eigenvalue weighted by atomic mass is 79.9. The van der Waals surface area contributed by atoms with Gasteiger partial charge in [-0.25, -0.2) is 0 Å². The van der Waals surface area contributed by atoms with E-state index in [4.69, 9.17) is 4.74 Å². The van der Waals surface area contributed by atoms with E-state index >= 15 is 0 Å². The summed E-state index contributed by atoms with van der Waals surface area (Å²) in [5.74, 6) is 0.932. The van der Waals surface area contributed by atoms with Gasteiger partial charge < -0.3 is 15.2 Å². The Kier molecular flexibility index (Phi) is 4.65. The van der Waals surface area contributed by atoms with Gasteiger partial charge in [0.1, 0.15) is 5.75 Å². The Bertz CT molecular complexity index is 405. The van der Waals surface area contributed by atoms with Crippen LogP contribution in [0.5, 0.6) is 5.75 Å². The van der Waals surface area contributed by atoms with Crippen LogP contribution in [0.25, 0.3) is 0 Å². The van der Waals surface area contributed by atoms with E-state index in [0.29, 0.717) is 0 Å². The van der Waals surface area contributed by atoms with Crippen LogP contribution in [-0.2, 0) is 6.54 Å². The molecular formula is C14H20BrNO2.